The van der Waals surface area contributed by atoms with Gasteiger partial charge in [-0.25, -0.2) is 0 Å². The van der Waals surface area contributed by atoms with Crippen molar-refractivity contribution in [2.45, 2.75) is 131 Å². The van der Waals surface area contributed by atoms with Crippen molar-refractivity contribution in [2.75, 3.05) is 0 Å². The summed E-state index contributed by atoms with van der Waals surface area (Å²) in [4.78, 5) is 0. The highest BCUT2D eigenvalue weighted by atomic mass is 31.0. The second-order valence-electron chi connectivity index (χ2n) is 25.1. The predicted octanol–water partition coefficient (Wildman–Crippen LogP) is 15.2. The molecular weight excluding hydrogens is 1200 g/mol. The first-order valence-electron chi connectivity index (χ1n) is 29.9. The van der Waals surface area contributed by atoms with Crippen LogP contribution in [-0.2, 0) is 6.42 Å². The molecule has 89 heavy (non-hydrogen) atoms. The Hall–Kier alpha value is -6.90. The number of hydrogen-bond acceptors (Lipinski definition) is 13. The number of benzene rings is 8. The number of aliphatic hydroxyl groups excluding tert-OH is 1. The minimum atomic E-state index is -1.56. The minimum absolute atomic E-state index is 0.0178. The van der Waals surface area contributed by atoms with E-state index in [-0.39, 0.29) is 74.8 Å². The van der Waals surface area contributed by atoms with Crippen molar-refractivity contribution < 1.29 is 62.6 Å². The van der Waals surface area contributed by atoms with Crippen LogP contribution in [0.2, 0.25) is 0 Å². The van der Waals surface area contributed by atoms with E-state index in [1.165, 1.54) is 34.4 Å². The number of hydrogen-bond donors (Lipinski definition) is 5. The average Bonchev–Trinajstić information content (AvgIpc) is 0.719. The lowest BCUT2D eigenvalue weighted by molar-refractivity contribution is 0.00684. The Labute approximate surface area is 531 Å². The molecule has 15 atom stereocenters. The monoisotopic (exact) mass is 1270 g/mol. The number of ether oxygens (including phenoxy) is 4. The summed E-state index contributed by atoms with van der Waals surface area (Å²) in [6.45, 7) is 23.6. The van der Waals surface area contributed by atoms with Gasteiger partial charge >= 0.3 is 0 Å². The molecule has 0 bridgehead atoms. The number of phenolic OH excluding ortho intramolecular Hbond substituents is 4. The van der Waals surface area contributed by atoms with Gasteiger partial charge in [0.15, 0.2) is 29.1 Å². The number of fused-ring (bicyclic) bond motifs is 4. The van der Waals surface area contributed by atoms with Crippen molar-refractivity contribution in [1.29, 1.82) is 0 Å². The summed E-state index contributed by atoms with van der Waals surface area (Å²) in [6.07, 6.45) is -3.57. The molecule has 0 amide bonds. The van der Waals surface area contributed by atoms with Gasteiger partial charge in [-0.1, -0.05) is 81.4 Å². The predicted molar refractivity (Wildman–Crippen MR) is 359 cm³/mol. The summed E-state index contributed by atoms with van der Waals surface area (Å²) >= 11 is 0. The third-order valence-corrected chi connectivity index (χ3v) is 20.7. The zero-order valence-corrected chi connectivity index (χ0v) is 56.3. The van der Waals surface area contributed by atoms with Crippen molar-refractivity contribution in [3.63, 3.8) is 0 Å². The summed E-state index contributed by atoms with van der Waals surface area (Å²) in [7, 11) is 16.2. The molecule has 0 saturated carbocycles. The molecule has 4 heterocycles. The van der Waals surface area contributed by atoms with E-state index in [9.17, 15) is 25.5 Å². The van der Waals surface area contributed by atoms with Crippen LogP contribution in [0.15, 0.2) is 97.1 Å². The number of rotatable bonds is 11. The highest BCUT2D eigenvalue weighted by Gasteiger charge is 2.51. The third-order valence-electron chi connectivity index (χ3n) is 19.6. The summed E-state index contributed by atoms with van der Waals surface area (Å²) in [5, 5.41) is 61.9. The molecule has 0 aromatic heterocycles. The number of aromatic hydroxyl groups is 4. The van der Waals surface area contributed by atoms with Crippen LogP contribution in [0.5, 0.6) is 69.0 Å². The normalized spacial score (nSPS) is 23.3. The van der Waals surface area contributed by atoms with Crippen LogP contribution in [0.4, 0.5) is 0 Å². The third kappa shape index (κ3) is 10.4. The zero-order chi connectivity index (χ0) is 63.5. The Kier molecular flexibility index (Phi) is 16.8. The largest absolute Gasteiger partial charge is 0.508 e. The molecule has 0 aliphatic carbocycles. The first-order chi connectivity index (χ1) is 42.5. The van der Waals surface area contributed by atoms with E-state index in [2.05, 4.69) is 149 Å². The summed E-state index contributed by atoms with van der Waals surface area (Å²) < 4.78 is 52.0. The molecule has 18 heteroatoms. The quantitative estimate of drug-likeness (QED) is 0.0470. The van der Waals surface area contributed by atoms with E-state index in [1.54, 1.807) is 36.4 Å². The maximum atomic E-state index is 13.9. The minimum Gasteiger partial charge on any atom is -0.508 e. The average molecular weight is 1270 g/mol. The molecule has 0 fully saturated rings. The Morgan fingerprint density at radius 1 is 0.416 bits per heavy atom. The van der Waals surface area contributed by atoms with Gasteiger partial charge in [0, 0.05) is 75.1 Å². The van der Waals surface area contributed by atoms with Crippen LogP contribution in [0.25, 0.3) is 0 Å². The molecule has 2 radical (unpaired) electrons. The summed E-state index contributed by atoms with van der Waals surface area (Å²) in [6, 6.07) is 30.5. The van der Waals surface area contributed by atoms with E-state index >= 15 is 0 Å². The van der Waals surface area contributed by atoms with Crippen LogP contribution in [0, 0.1) is 73.1 Å². The van der Waals surface area contributed by atoms with Crippen LogP contribution >= 0.6 is 37.9 Å². The lowest BCUT2D eigenvalue weighted by atomic mass is 9.66. The molecule has 12 rings (SSSR count). The summed E-state index contributed by atoms with van der Waals surface area (Å²) in [5.74, 6) is -1.84. The molecule has 4 aliphatic heterocycles. The molecular formula is C71H75BO13P4. The lowest BCUT2D eigenvalue weighted by Gasteiger charge is -2.46. The van der Waals surface area contributed by atoms with Gasteiger partial charge in [-0.05, 0) is 164 Å². The maximum Gasteiger partial charge on any atom is 0.165 e. The molecule has 5 N–H and O–H groups in total. The first-order valence-corrected chi connectivity index (χ1v) is 31.8. The Morgan fingerprint density at radius 3 is 1.52 bits per heavy atom. The molecule has 4 aliphatic rings. The van der Waals surface area contributed by atoms with Crippen LogP contribution < -0.4 is 42.5 Å². The lowest BCUT2D eigenvalue weighted by Crippen LogP contribution is -2.37. The Bertz CT molecular complexity index is 4170. The van der Waals surface area contributed by atoms with Crippen molar-refractivity contribution in [3.8, 4) is 69.0 Å². The fourth-order valence-corrected chi connectivity index (χ4v) is 15.6. The van der Waals surface area contributed by atoms with Gasteiger partial charge in [0.05, 0.1) is 43.8 Å². The summed E-state index contributed by atoms with van der Waals surface area (Å²) in [5.41, 5.74) is 16.0. The highest BCUT2D eigenvalue weighted by Crippen LogP contribution is 2.64. The second kappa shape index (κ2) is 24.0. The number of aliphatic hydroxyl groups is 1. The van der Waals surface area contributed by atoms with Crippen LogP contribution in [0.1, 0.15) is 169 Å². The number of aryl methyl sites for hydroxylation is 8. The molecule has 13 nitrogen and oxygen atoms in total. The van der Waals surface area contributed by atoms with Crippen molar-refractivity contribution in [3.05, 3.63) is 203 Å². The van der Waals surface area contributed by atoms with E-state index in [0.29, 0.717) is 34.1 Å². The maximum absolute atomic E-state index is 13.9. The van der Waals surface area contributed by atoms with Gasteiger partial charge in [-0.2, -0.15) is 0 Å². The van der Waals surface area contributed by atoms with Gasteiger partial charge in [0.25, 0.3) is 0 Å². The Balaban J connectivity index is 1.14. The topological polar surface area (TPSA) is 175 Å². The van der Waals surface area contributed by atoms with E-state index < -0.39 is 53.7 Å². The smallest absolute Gasteiger partial charge is 0.165 e. The standard InChI is InChI=1S/C71H75BO13P4/c1-29-12-14-40(22-31(29)3)65-37(9)24-45-33(5)20-34(6)52(69(45)79-65)55-38(10)66(41-15-13-30(2)32(4)23-41)80-70-53(55)35(7)21-36(8)54(70)56-39(11)67(42-16-18-46(73)47(74)25-42)81-71-60(56)62(75)59(63(76)61(71)72)58-57-50(27-44(82-86)28-51(57)85-89)78-68(64(58)77)43-17-19-48(83-87)49(26-43)84-88/h12-23,25-28,37-39,55-56,58,64-68,73-77H,24,86-89H2,1-11H3. The second-order valence-corrected chi connectivity index (χ2v) is 26.0. The van der Waals surface area contributed by atoms with Gasteiger partial charge < -0.3 is 62.6 Å². The van der Waals surface area contributed by atoms with Gasteiger partial charge in [-0.15, -0.1) is 0 Å². The van der Waals surface area contributed by atoms with E-state index in [1.807, 2.05) is 13.8 Å². The molecule has 8 aromatic rings. The first kappa shape index (κ1) is 62.3. The SMILES string of the molecule is [B]c1c(O)c(C2c3c(OP)cc(OP)cc3OC(c3ccc(OP)c(OP)c3)C2O)c(O)c2c1OC(c1ccc(O)c(O)c1)C(C)C2c1c(C)cc(C)c2c1OC(c1ccc(C)c(C)c1)C(C)C2c1c(C)cc(C)c2c1OC(c1ccc(C)c(C)c1)C(C)C2. The van der Waals surface area contributed by atoms with Crippen LogP contribution in [-0.4, -0.2) is 39.5 Å². The van der Waals surface area contributed by atoms with Gasteiger partial charge in [0.1, 0.15) is 78.3 Å². The fraction of sp³-hybridized carbons (Fsp3) is 0.324. The fourth-order valence-electron chi connectivity index (χ4n) is 14.9. The van der Waals surface area contributed by atoms with Gasteiger partial charge in [-0.3, -0.25) is 0 Å². The molecule has 0 saturated heterocycles. The van der Waals surface area contributed by atoms with Crippen molar-refractivity contribution in [1.82, 2.24) is 0 Å². The zero-order valence-electron chi connectivity index (χ0n) is 51.7. The molecule has 460 valence electrons. The Morgan fingerprint density at radius 2 is 0.933 bits per heavy atom. The molecule has 0 spiro atoms. The van der Waals surface area contributed by atoms with E-state index in [0.717, 1.165) is 67.8 Å². The van der Waals surface area contributed by atoms with Gasteiger partial charge in [0.2, 0.25) is 0 Å². The highest BCUT2D eigenvalue weighted by molar-refractivity contribution is 7.11. The van der Waals surface area contributed by atoms with E-state index in [4.69, 9.17) is 44.9 Å². The molecule has 8 aromatic carbocycles. The van der Waals surface area contributed by atoms with Crippen molar-refractivity contribution in [2.24, 2.45) is 17.8 Å². The molecule has 15 unspecified atom stereocenters. The van der Waals surface area contributed by atoms with Crippen LogP contribution in [0.3, 0.4) is 0 Å². The number of phenols is 4. The van der Waals surface area contributed by atoms with Crippen molar-refractivity contribution >= 4 is 51.2 Å².